The van der Waals surface area contributed by atoms with Crippen molar-refractivity contribution in [3.8, 4) is 0 Å². The van der Waals surface area contributed by atoms with Crippen LogP contribution in [0.2, 0.25) is 0 Å². The van der Waals surface area contributed by atoms with Gasteiger partial charge in [0.2, 0.25) is 0 Å². The molecule has 0 bridgehead atoms. The van der Waals surface area contributed by atoms with Crippen molar-refractivity contribution < 1.29 is 0 Å². The maximum atomic E-state index is 4.50. The summed E-state index contributed by atoms with van der Waals surface area (Å²) in [6.45, 7) is 9.57. The van der Waals surface area contributed by atoms with E-state index in [-0.39, 0.29) is 0 Å². The van der Waals surface area contributed by atoms with E-state index < -0.39 is 0 Å². The highest BCUT2D eigenvalue weighted by molar-refractivity contribution is 4.98. The minimum atomic E-state index is 0.793. The van der Waals surface area contributed by atoms with Crippen LogP contribution < -0.4 is 5.32 Å². The van der Waals surface area contributed by atoms with E-state index in [9.17, 15) is 0 Å². The standard InChI is InChI=1S/C12H23N3/c1-4-13-10-12-7-9-15(14-12)8-5-6-11(2)3/h7,9,11,13H,4-6,8,10H2,1-3H3. The van der Waals surface area contributed by atoms with Gasteiger partial charge >= 0.3 is 0 Å². The first-order chi connectivity index (χ1) is 7.22. The first kappa shape index (κ1) is 12.2. The smallest absolute Gasteiger partial charge is 0.0762 e. The van der Waals surface area contributed by atoms with Gasteiger partial charge in [-0.3, -0.25) is 4.68 Å². The van der Waals surface area contributed by atoms with E-state index in [1.54, 1.807) is 0 Å². The summed E-state index contributed by atoms with van der Waals surface area (Å²) in [5.41, 5.74) is 1.14. The fourth-order valence-corrected chi connectivity index (χ4v) is 1.54. The summed E-state index contributed by atoms with van der Waals surface area (Å²) in [5.74, 6) is 0.793. The molecular weight excluding hydrogens is 186 g/mol. The van der Waals surface area contributed by atoms with E-state index >= 15 is 0 Å². The van der Waals surface area contributed by atoms with Crippen molar-refractivity contribution in [1.82, 2.24) is 15.1 Å². The second-order valence-electron chi connectivity index (χ2n) is 4.39. The molecular formula is C12H23N3. The van der Waals surface area contributed by atoms with Gasteiger partial charge in [-0.2, -0.15) is 5.10 Å². The Kier molecular flexibility index (Phi) is 5.40. The average molecular weight is 209 g/mol. The molecule has 1 aromatic rings. The quantitative estimate of drug-likeness (QED) is 0.747. The maximum absolute atomic E-state index is 4.50. The van der Waals surface area contributed by atoms with Crippen LogP contribution in [0.15, 0.2) is 12.3 Å². The third-order valence-electron chi connectivity index (χ3n) is 2.42. The lowest BCUT2D eigenvalue weighted by molar-refractivity contribution is 0.486. The summed E-state index contributed by atoms with van der Waals surface area (Å²) >= 11 is 0. The number of hydrogen-bond donors (Lipinski definition) is 1. The molecule has 15 heavy (non-hydrogen) atoms. The summed E-state index contributed by atoms with van der Waals surface area (Å²) in [7, 11) is 0. The molecule has 0 amide bonds. The zero-order chi connectivity index (χ0) is 11.1. The minimum Gasteiger partial charge on any atom is -0.311 e. The Hall–Kier alpha value is -0.830. The Morgan fingerprint density at radius 2 is 2.27 bits per heavy atom. The summed E-state index contributed by atoms with van der Waals surface area (Å²) in [4.78, 5) is 0. The van der Waals surface area contributed by atoms with Gasteiger partial charge in [-0.1, -0.05) is 20.8 Å². The normalized spacial score (nSPS) is 11.2. The molecule has 0 aromatic carbocycles. The highest BCUT2D eigenvalue weighted by Crippen LogP contribution is 2.05. The Morgan fingerprint density at radius 3 is 2.93 bits per heavy atom. The van der Waals surface area contributed by atoms with Crippen LogP contribution in [0.1, 0.15) is 39.3 Å². The minimum absolute atomic E-state index is 0.793. The molecule has 86 valence electrons. The predicted molar refractivity (Wildman–Crippen MR) is 63.7 cm³/mol. The van der Waals surface area contributed by atoms with E-state index in [1.807, 2.05) is 0 Å². The van der Waals surface area contributed by atoms with Crippen molar-refractivity contribution in [2.45, 2.75) is 46.7 Å². The zero-order valence-electron chi connectivity index (χ0n) is 10.2. The first-order valence-electron chi connectivity index (χ1n) is 5.95. The first-order valence-corrected chi connectivity index (χ1v) is 5.95. The monoisotopic (exact) mass is 209 g/mol. The van der Waals surface area contributed by atoms with Crippen molar-refractivity contribution in [2.24, 2.45) is 5.92 Å². The van der Waals surface area contributed by atoms with Crippen LogP contribution in [0.25, 0.3) is 0 Å². The van der Waals surface area contributed by atoms with Crippen LogP contribution in [0.5, 0.6) is 0 Å². The number of nitrogens with one attached hydrogen (secondary N) is 1. The zero-order valence-corrected chi connectivity index (χ0v) is 10.2. The van der Waals surface area contributed by atoms with E-state index in [2.05, 4.69) is 48.1 Å². The van der Waals surface area contributed by atoms with Crippen molar-refractivity contribution in [3.63, 3.8) is 0 Å². The molecule has 0 aliphatic carbocycles. The highest BCUT2D eigenvalue weighted by atomic mass is 15.3. The van der Waals surface area contributed by atoms with Crippen LogP contribution in [-0.2, 0) is 13.1 Å². The largest absolute Gasteiger partial charge is 0.311 e. The summed E-state index contributed by atoms with van der Waals surface area (Å²) in [6.07, 6.45) is 4.58. The molecule has 0 spiro atoms. The number of rotatable bonds is 7. The van der Waals surface area contributed by atoms with Crippen LogP contribution in [0.4, 0.5) is 0 Å². The van der Waals surface area contributed by atoms with E-state index in [0.717, 1.165) is 31.2 Å². The third kappa shape index (κ3) is 4.98. The SMILES string of the molecule is CCNCc1ccn(CCCC(C)C)n1. The molecule has 0 atom stereocenters. The molecule has 1 N–H and O–H groups in total. The van der Waals surface area contributed by atoms with Crippen molar-refractivity contribution in [3.05, 3.63) is 18.0 Å². The van der Waals surface area contributed by atoms with E-state index in [1.165, 1.54) is 12.8 Å². The number of aromatic nitrogens is 2. The molecule has 1 heterocycles. The number of aryl methyl sites for hydroxylation is 1. The summed E-state index contributed by atoms with van der Waals surface area (Å²) < 4.78 is 2.05. The second kappa shape index (κ2) is 6.62. The predicted octanol–water partition coefficient (Wildman–Crippen LogP) is 2.43. The lowest BCUT2D eigenvalue weighted by Crippen LogP contribution is -2.12. The molecule has 3 heteroatoms. The van der Waals surface area contributed by atoms with Crippen LogP contribution in [0.3, 0.4) is 0 Å². The van der Waals surface area contributed by atoms with Crippen LogP contribution in [0, 0.1) is 5.92 Å². The van der Waals surface area contributed by atoms with Crippen LogP contribution >= 0.6 is 0 Å². The van der Waals surface area contributed by atoms with Gasteiger partial charge < -0.3 is 5.32 Å². The fourth-order valence-electron chi connectivity index (χ4n) is 1.54. The highest BCUT2D eigenvalue weighted by Gasteiger charge is 1.99. The molecule has 0 fully saturated rings. The number of nitrogens with zero attached hydrogens (tertiary/aromatic N) is 2. The van der Waals surface area contributed by atoms with E-state index in [0.29, 0.717) is 0 Å². The van der Waals surface area contributed by atoms with Gasteiger partial charge in [0.25, 0.3) is 0 Å². The summed E-state index contributed by atoms with van der Waals surface area (Å²) in [6, 6.07) is 2.10. The van der Waals surface area contributed by atoms with Gasteiger partial charge in [0.1, 0.15) is 0 Å². The Labute approximate surface area is 92.9 Å². The van der Waals surface area contributed by atoms with E-state index in [4.69, 9.17) is 0 Å². The lowest BCUT2D eigenvalue weighted by atomic mass is 10.1. The van der Waals surface area contributed by atoms with Gasteiger partial charge in [0, 0.05) is 19.3 Å². The maximum Gasteiger partial charge on any atom is 0.0762 e. The average Bonchev–Trinajstić information content (AvgIpc) is 2.62. The van der Waals surface area contributed by atoms with Crippen molar-refractivity contribution in [2.75, 3.05) is 6.54 Å². The molecule has 0 aliphatic heterocycles. The Morgan fingerprint density at radius 1 is 1.47 bits per heavy atom. The third-order valence-corrected chi connectivity index (χ3v) is 2.42. The molecule has 1 rings (SSSR count). The van der Waals surface area contributed by atoms with Gasteiger partial charge in [0.05, 0.1) is 5.69 Å². The molecule has 1 aromatic heterocycles. The van der Waals surface area contributed by atoms with Crippen LogP contribution in [-0.4, -0.2) is 16.3 Å². The fraction of sp³-hybridized carbons (Fsp3) is 0.750. The Bertz CT molecular complexity index is 266. The number of hydrogen-bond acceptors (Lipinski definition) is 2. The molecule has 0 aliphatic rings. The van der Waals surface area contributed by atoms with Gasteiger partial charge in [0.15, 0.2) is 0 Å². The molecule has 0 saturated carbocycles. The summed E-state index contributed by atoms with van der Waals surface area (Å²) in [5, 5.41) is 7.78. The molecule has 0 radical (unpaired) electrons. The molecule has 3 nitrogen and oxygen atoms in total. The van der Waals surface area contributed by atoms with Gasteiger partial charge in [-0.25, -0.2) is 0 Å². The van der Waals surface area contributed by atoms with Crippen molar-refractivity contribution in [1.29, 1.82) is 0 Å². The van der Waals surface area contributed by atoms with Crippen molar-refractivity contribution >= 4 is 0 Å². The topological polar surface area (TPSA) is 29.9 Å². The second-order valence-corrected chi connectivity index (χ2v) is 4.39. The van der Waals surface area contributed by atoms with Gasteiger partial charge in [-0.15, -0.1) is 0 Å². The van der Waals surface area contributed by atoms with Gasteiger partial charge in [-0.05, 0) is 31.4 Å². The Balaban J connectivity index is 2.26. The molecule has 0 saturated heterocycles. The molecule has 0 unspecified atom stereocenters. The lowest BCUT2D eigenvalue weighted by Gasteiger charge is -2.04.